The Morgan fingerprint density at radius 1 is 1.17 bits per heavy atom. The Labute approximate surface area is 168 Å². The van der Waals surface area contributed by atoms with E-state index in [1.54, 1.807) is 12.1 Å². The van der Waals surface area contributed by atoms with Crippen molar-refractivity contribution in [3.05, 3.63) is 36.0 Å². The summed E-state index contributed by atoms with van der Waals surface area (Å²) in [6.07, 6.45) is 3.41. The number of aromatic nitrogens is 2. The van der Waals surface area contributed by atoms with Crippen molar-refractivity contribution in [2.45, 2.75) is 23.8 Å². The maximum absolute atomic E-state index is 12.7. The number of hydrogen-bond donors (Lipinski definition) is 3. The molecule has 4 rings (SSSR count). The van der Waals surface area contributed by atoms with E-state index in [9.17, 15) is 13.2 Å². The van der Waals surface area contributed by atoms with Gasteiger partial charge in [0.1, 0.15) is 5.82 Å². The molecule has 2 aliphatic rings. The van der Waals surface area contributed by atoms with E-state index in [1.165, 1.54) is 22.6 Å². The van der Waals surface area contributed by atoms with Gasteiger partial charge in [-0.25, -0.2) is 13.4 Å². The molecule has 29 heavy (non-hydrogen) atoms. The zero-order valence-corrected chi connectivity index (χ0v) is 16.5. The molecular weight excluding hydrogens is 396 g/mol. The number of hydrogen-bond acceptors (Lipinski definition) is 8. The number of amides is 1. The van der Waals surface area contributed by atoms with Crippen LogP contribution in [0.5, 0.6) is 0 Å². The lowest BCUT2D eigenvalue weighted by molar-refractivity contribution is 0.0730. The minimum absolute atomic E-state index is 0.214. The van der Waals surface area contributed by atoms with E-state index in [2.05, 4.69) is 20.6 Å². The average molecular weight is 418 g/mol. The quantitative estimate of drug-likeness (QED) is 0.603. The molecule has 0 atom stereocenters. The number of carbonyl (C=O) groups excluding carboxylic acids is 1. The molecule has 1 aliphatic carbocycles. The highest BCUT2D eigenvalue weighted by Gasteiger charge is 2.26. The molecule has 1 amide bonds. The standard InChI is InChI=1S/C18H22N6O4S/c19-16(25)15-11-20-18(23-17(15)21-12-1-2-12)22-13-3-5-14(6-4-13)29(26,27)24-7-9-28-10-8-24/h3-6,11-12H,1-2,7-10H2,(H2,19,25)(H2,20,21,22,23). The van der Waals surface area contributed by atoms with E-state index in [-0.39, 0.29) is 16.4 Å². The van der Waals surface area contributed by atoms with Crippen LogP contribution < -0.4 is 16.4 Å². The summed E-state index contributed by atoms with van der Waals surface area (Å²) >= 11 is 0. The number of benzene rings is 1. The molecule has 154 valence electrons. The second-order valence-electron chi connectivity index (χ2n) is 6.90. The number of morpholine rings is 1. The van der Waals surface area contributed by atoms with Crippen molar-refractivity contribution in [1.82, 2.24) is 14.3 Å². The Bertz CT molecular complexity index is 1000. The van der Waals surface area contributed by atoms with Gasteiger partial charge in [-0.1, -0.05) is 0 Å². The zero-order chi connectivity index (χ0) is 20.4. The van der Waals surface area contributed by atoms with Gasteiger partial charge in [0.25, 0.3) is 5.91 Å². The number of nitrogens with two attached hydrogens (primary N) is 1. The first-order chi connectivity index (χ1) is 13.9. The molecule has 2 fully saturated rings. The predicted molar refractivity (Wildman–Crippen MR) is 106 cm³/mol. The zero-order valence-electron chi connectivity index (χ0n) is 15.7. The van der Waals surface area contributed by atoms with Crippen LogP contribution >= 0.6 is 0 Å². The molecule has 1 aliphatic heterocycles. The molecule has 1 aromatic carbocycles. The van der Waals surface area contributed by atoms with Crippen molar-refractivity contribution in [2.75, 3.05) is 36.9 Å². The van der Waals surface area contributed by atoms with Gasteiger partial charge in [-0.05, 0) is 37.1 Å². The van der Waals surface area contributed by atoms with E-state index < -0.39 is 15.9 Å². The first-order valence-corrected chi connectivity index (χ1v) is 10.8. The molecule has 11 heteroatoms. The summed E-state index contributed by atoms with van der Waals surface area (Å²) < 4.78 is 32.0. The maximum Gasteiger partial charge on any atom is 0.254 e. The van der Waals surface area contributed by atoms with Gasteiger partial charge < -0.3 is 21.1 Å². The van der Waals surface area contributed by atoms with E-state index in [0.717, 1.165) is 12.8 Å². The van der Waals surface area contributed by atoms with Crippen molar-refractivity contribution in [3.63, 3.8) is 0 Å². The molecule has 0 bridgehead atoms. The summed E-state index contributed by atoms with van der Waals surface area (Å²) in [7, 11) is -3.55. The maximum atomic E-state index is 12.7. The normalized spacial score (nSPS) is 17.7. The second-order valence-corrected chi connectivity index (χ2v) is 8.84. The van der Waals surface area contributed by atoms with Gasteiger partial charge in [0.15, 0.2) is 0 Å². The van der Waals surface area contributed by atoms with Crippen LogP contribution in [-0.4, -0.2) is 60.9 Å². The number of ether oxygens (including phenoxy) is 1. The monoisotopic (exact) mass is 418 g/mol. The number of anilines is 3. The van der Waals surface area contributed by atoms with Crippen molar-refractivity contribution < 1.29 is 17.9 Å². The van der Waals surface area contributed by atoms with Gasteiger partial charge in [0, 0.05) is 31.0 Å². The van der Waals surface area contributed by atoms with Crippen LogP contribution in [0.2, 0.25) is 0 Å². The van der Waals surface area contributed by atoms with Crippen molar-refractivity contribution in [1.29, 1.82) is 0 Å². The van der Waals surface area contributed by atoms with E-state index in [4.69, 9.17) is 10.5 Å². The fourth-order valence-electron chi connectivity index (χ4n) is 2.93. The number of rotatable bonds is 7. The molecular formula is C18H22N6O4S. The third-order valence-electron chi connectivity index (χ3n) is 4.69. The van der Waals surface area contributed by atoms with Crippen LogP contribution in [0.3, 0.4) is 0 Å². The molecule has 1 aromatic heterocycles. The molecule has 2 aromatic rings. The number of sulfonamides is 1. The molecule has 0 unspecified atom stereocenters. The minimum Gasteiger partial charge on any atom is -0.379 e. The number of primary amides is 1. The van der Waals surface area contributed by atoms with E-state index in [1.807, 2.05) is 0 Å². The Kier molecular flexibility index (Phi) is 5.35. The summed E-state index contributed by atoms with van der Waals surface area (Å²) in [5, 5.41) is 6.19. The predicted octanol–water partition coefficient (Wildman–Crippen LogP) is 0.914. The van der Waals surface area contributed by atoms with E-state index >= 15 is 0 Å². The first kappa shape index (κ1) is 19.6. The van der Waals surface area contributed by atoms with Crippen LogP contribution in [0.1, 0.15) is 23.2 Å². The average Bonchev–Trinajstić information content (AvgIpc) is 3.53. The Morgan fingerprint density at radius 3 is 2.48 bits per heavy atom. The van der Waals surface area contributed by atoms with Gasteiger partial charge in [-0.15, -0.1) is 0 Å². The first-order valence-electron chi connectivity index (χ1n) is 9.32. The second kappa shape index (κ2) is 7.93. The fourth-order valence-corrected chi connectivity index (χ4v) is 4.34. The summed E-state index contributed by atoms with van der Waals surface area (Å²) in [6, 6.07) is 6.66. The minimum atomic E-state index is -3.55. The molecule has 10 nitrogen and oxygen atoms in total. The molecule has 0 spiro atoms. The lowest BCUT2D eigenvalue weighted by Crippen LogP contribution is -2.40. The Balaban J connectivity index is 1.50. The summed E-state index contributed by atoms with van der Waals surface area (Å²) in [6.45, 7) is 1.49. The van der Waals surface area contributed by atoms with E-state index in [0.29, 0.717) is 43.9 Å². The highest BCUT2D eigenvalue weighted by molar-refractivity contribution is 7.89. The SMILES string of the molecule is NC(=O)c1cnc(Nc2ccc(S(=O)(=O)N3CCOCC3)cc2)nc1NC1CC1. The van der Waals surface area contributed by atoms with Gasteiger partial charge in [0.05, 0.1) is 23.7 Å². The van der Waals surface area contributed by atoms with Crippen LogP contribution in [0, 0.1) is 0 Å². The largest absolute Gasteiger partial charge is 0.379 e. The number of nitrogens with one attached hydrogen (secondary N) is 2. The molecule has 1 saturated heterocycles. The lowest BCUT2D eigenvalue weighted by atomic mass is 10.3. The highest BCUT2D eigenvalue weighted by atomic mass is 32.2. The smallest absolute Gasteiger partial charge is 0.254 e. The summed E-state index contributed by atoms with van der Waals surface area (Å²) in [5.74, 6) is 0.0725. The van der Waals surface area contributed by atoms with Crippen molar-refractivity contribution >= 4 is 33.4 Å². The molecule has 4 N–H and O–H groups in total. The Morgan fingerprint density at radius 2 is 1.86 bits per heavy atom. The molecule has 2 heterocycles. The highest BCUT2D eigenvalue weighted by Crippen LogP contribution is 2.27. The fraction of sp³-hybridized carbons (Fsp3) is 0.389. The van der Waals surface area contributed by atoms with Gasteiger partial charge in [0.2, 0.25) is 16.0 Å². The van der Waals surface area contributed by atoms with Crippen LogP contribution in [-0.2, 0) is 14.8 Å². The summed E-state index contributed by atoms with van der Waals surface area (Å²) in [5.41, 5.74) is 6.24. The molecule has 0 radical (unpaired) electrons. The summed E-state index contributed by atoms with van der Waals surface area (Å²) in [4.78, 5) is 20.2. The van der Waals surface area contributed by atoms with Crippen LogP contribution in [0.25, 0.3) is 0 Å². The van der Waals surface area contributed by atoms with Gasteiger partial charge >= 0.3 is 0 Å². The third kappa shape index (κ3) is 4.47. The Hall–Kier alpha value is -2.76. The van der Waals surface area contributed by atoms with Crippen LogP contribution in [0.4, 0.5) is 17.5 Å². The van der Waals surface area contributed by atoms with Crippen molar-refractivity contribution in [2.24, 2.45) is 5.73 Å². The topological polar surface area (TPSA) is 140 Å². The molecule has 1 saturated carbocycles. The lowest BCUT2D eigenvalue weighted by Gasteiger charge is -2.26. The van der Waals surface area contributed by atoms with Gasteiger partial charge in [-0.3, -0.25) is 4.79 Å². The van der Waals surface area contributed by atoms with Crippen LogP contribution in [0.15, 0.2) is 35.4 Å². The van der Waals surface area contributed by atoms with Crippen molar-refractivity contribution in [3.8, 4) is 0 Å². The number of nitrogens with zero attached hydrogens (tertiary/aromatic N) is 3. The number of carbonyl (C=O) groups is 1. The third-order valence-corrected chi connectivity index (χ3v) is 6.60. The van der Waals surface area contributed by atoms with Gasteiger partial charge in [-0.2, -0.15) is 9.29 Å².